The zero-order valence-electron chi connectivity index (χ0n) is 5.97. The van der Waals surface area contributed by atoms with Gasteiger partial charge in [-0.25, -0.2) is 0 Å². The molecular weight excluding hydrogens is 110 g/mol. The highest BCUT2D eigenvalue weighted by Crippen LogP contribution is 2.27. The zero-order chi connectivity index (χ0) is 6.69. The molecule has 0 aromatic heterocycles. The normalized spacial score (nSPS) is 24.7. The minimum absolute atomic E-state index is 0.174. The molecule has 0 aromatic carbocycles. The third-order valence-electron chi connectivity index (χ3n) is 2.11. The molecule has 0 amide bonds. The predicted octanol–water partition coefficient (Wildman–Crippen LogP) is 1.73. The van der Waals surface area contributed by atoms with E-state index < -0.39 is 0 Å². The van der Waals surface area contributed by atoms with Crippen molar-refractivity contribution in [3.63, 3.8) is 0 Å². The maximum atomic E-state index is 5.56. The summed E-state index contributed by atoms with van der Waals surface area (Å²) in [4.78, 5) is 0. The molecule has 9 heavy (non-hydrogen) atoms. The van der Waals surface area contributed by atoms with Crippen LogP contribution in [0.1, 0.15) is 32.1 Å². The average Bonchev–Trinajstić information content (AvgIpc) is 2.15. The highest BCUT2D eigenvalue weighted by atomic mass is 14.6. The molecule has 0 saturated heterocycles. The number of hydrogen-bond donors (Lipinski definition) is 1. The summed E-state index contributed by atoms with van der Waals surface area (Å²) in [5, 5.41) is 0. The van der Waals surface area contributed by atoms with Gasteiger partial charge in [-0.3, -0.25) is 0 Å². The first kappa shape index (κ1) is 7.07. The Balaban J connectivity index is 2.11. The summed E-state index contributed by atoms with van der Waals surface area (Å²) in [6, 6.07) is 0.174. The van der Waals surface area contributed by atoms with Gasteiger partial charge in [0, 0.05) is 6.04 Å². The molecule has 1 nitrogen and oxygen atoms in total. The lowest BCUT2D eigenvalue weighted by Crippen LogP contribution is -2.18. The van der Waals surface area contributed by atoms with Crippen LogP contribution >= 0.6 is 0 Å². The van der Waals surface area contributed by atoms with Crippen LogP contribution in [0.3, 0.4) is 0 Å². The van der Waals surface area contributed by atoms with Crippen molar-refractivity contribution in [1.82, 2.24) is 0 Å². The van der Waals surface area contributed by atoms with Crippen LogP contribution in [0, 0.1) is 12.8 Å². The van der Waals surface area contributed by atoms with Crippen molar-refractivity contribution in [3.8, 4) is 0 Å². The summed E-state index contributed by atoms with van der Waals surface area (Å²) in [5.41, 5.74) is 5.56. The van der Waals surface area contributed by atoms with Gasteiger partial charge in [0.25, 0.3) is 0 Å². The Morgan fingerprint density at radius 2 is 2.00 bits per heavy atom. The Bertz CT molecular complexity index is 72.6. The van der Waals surface area contributed by atoms with Crippen LogP contribution in [0.2, 0.25) is 0 Å². The Hall–Kier alpha value is -0.0400. The van der Waals surface area contributed by atoms with Gasteiger partial charge >= 0.3 is 0 Å². The summed E-state index contributed by atoms with van der Waals surface area (Å²) in [7, 11) is 0. The standard InChI is InChI=1S/C8H16N/c1-7(9)6-8-4-2-3-5-8/h7-8H,1-6,9H2. The van der Waals surface area contributed by atoms with E-state index in [0.717, 1.165) is 12.3 Å². The molecule has 0 bridgehead atoms. The second-order valence-electron chi connectivity index (χ2n) is 3.15. The molecule has 53 valence electrons. The van der Waals surface area contributed by atoms with Crippen molar-refractivity contribution in [2.45, 2.75) is 38.1 Å². The molecule has 1 aliphatic carbocycles. The molecule has 1 aliphatic rings. The SMILES string of the molecule is [CH2]C(N)CC1CCCC1. The molecule has 0 aliphatic heterocycles. The molecule has 0 aromatic rings. The highest BCUT2D eigenvalue weighted by molar-refractivity contribution is 4.73. The van der Waals surface area contributed by atoms with Crippen molar-refractivity contribution >= 4 is 0 Å². The first-order valence-electron chi connectivity index (χ1n) is 3.87. The van der Waals surface area contributed by atoms with Crippen LogP contribution in [-0.4, -0.2) is 6.04 Å². The van der Waals surface area contributed by atoms with Gasteiger partial charge in [0.15, 0.2) is 0 Å². The Labute approximate surface area is 57.6 Å². The Kier molecular flexibility index (Phi) is 2.52. The number of hydrogen-bond acceptors (Lipinski definition) is 1. The molecule has 1 atom stereocenters. The summed E-state index contributed by atoms with van der Waals surface area (Å²) >= 11 is 0. The average molecular weight is 126 g/mol. The fourth-order valence-corrected chi connectivity index (χ4v) is 1.67. The Morgan fingerprint density at radius 3 is 2.44 bits per heavy atom. The van der Waals surface area contributed by atoms with Crippen LogP contribution in [0.4, 0.5) is 0 Å². The lowest BCUT2D eigenvalue weighted by Gasteiger charge is -2.10. The fourth-order valence-electron chi connectivity index (χ4n) is 1.67. The molecule has 1 radical (unpaired) electrons. The van der Waals surface area contributed by atoms with Gasteiger partial charge in [-0.2, -0.15) is 0 Å². The van der Waals surface area contributed by atoms with Crippen LogP contribution in [0.5, 0.6) is 0 Å². The van der Waals surface area contributed by atoms with Crippen LogP contribution < -0.4 is 5.73 Å². The van der Waals surface area contributed by atoms with Crippen LogP contribution in [0.15, 0.2) is 0 Å². The first-order chi connectivity index (χ1) is 4.29. The molecule has 1 heteroatoms. The van der Waals surface area contributed by atoms with Crippen molar-refractivity contribution < 1.29 is 0 Å². The van der Waals surface area contributed by atoms with E-state index in [1.54, 1.807) is 0 Å². The third kappa shape index (κ3) is 2.35. The molecule has 0 heterocycles. The zero-order valence-corrected chi connectivity index (χ0v) is 5.97. The second kappa shape index (κ2) is 3.21. The lowest BCUT2D eigenvalue weighted by molar-refractivity contribution is 0.475. The van der Waals surface area contributed by atoms with Crippen molar-refractivity contribution in [2.24, 2.45) is 11.7 Å². The molecule has 2 N–H and O–H groups in total. The molecule has 0 spiro atoms. The lowest BCUT2D eigenvalue weighted by atomic mass is 10.0. The summed E-state index contributed by atoms with van der Waals surface area (Å²) in [6.45, 7) is 3.78. The first-order valence-corrected chi connectivity index (χ1v) is 3.87. The molecule has 1 unspecified atom stereocenters. The van der Waals surface area contributed by atoms with Crippen molar-refractivity contribution in [2.75, 3.05) is 0 Å². The van der Waals surface area contributed by atoms with E-state index in [1.165, 1.54) is 25.7 Å². The summed E-state index contributed by atoms with van der Waals surface area (Å²) in [5.74, 6) is 0.900. The number of rotatable bonds is 2. The minimum Gasteiger partial charge on any atom is -0.328 e. The quantitative estimate of drug-likeness (QED) is 0.599. The van der Waals surface area contributed by atoms with Gasteiger partial charge in [-0.05, 0) is 19.3 Å². The van der Waals surface area contributed by atoms with Gasteiger partial charge in [-0.15, -0.1) is 0 Å². The fraction of sp³-hybridized carbons (Fsp3) is 0.875. The third-order valence-corrected chi connectivity index (χ3v) is 2.11. The van der Waals surface area contributed by atoms with Crippen molar-refractivity contribution in [1.29, 1.82) is 0 Å². The molecule has 1 saturated carbocycles. The van der Waals surface area contributed by atoms with E-state index in [-0.39, 0.29) is 6.04 Å². The maximum absolute atomic E-state index is 5.56. The van der Waals surface area contributed by atoms with Gasteiger partial charge in [-0.1, -0.05) is 25.7 Å². The molecule has 1 fully saturated rings. The van der Waals surface area contributed by atoms with E-state index in [0.29, 0.717) is 0 Å². The number of nitrogens with two attached hydrogens (primary N) is 1. The summed E-state index contributed by atoms with van der Waals surface area (Å²) in [6.07, 6.45) is 6.75. The topological polar surface area (TPSA) is 26.0 Å². The molecule has 1 rings (SSSR count). The molecular formula is C8H16N. The van der Waals surface area contributed by atoms with Gasteiger partial charge < -0.3 is 5.73 Å². The monoisotopic (exact) mass is 126 g/mol. The summed E-state index contributed by atoms with van der Waals surface area (Å²) < 4.78 is 0. The van der Waals surface area contributed by atoms with Gasteiger partial charge in [0.05, 0.1) is 0 Å². The maximum Gasteiger partial charge on any atom is 0.00420 e. The van der Waals surface area contributed by atoms with Crippen LogP contribution in [-0.2, 0) is 0 Å². The van der Waals surface area contributed by atoms with E-state index >= 15 is 0 Å². The van der Waals surface area contributed by atoms with E-state index in [9.17, 15) is 0 Å². The van der Waals surface area contributed by atoms with Crippen molar-refractivity contribution in [3.05, 3.63) is 6.92 Å². The Morgan fingerprint density at radius 1 is 1.44 bits per heavy atom. The second-order valence-corrected chi connectivity index (χ2v) is 3.15. The van der Waals surface area contributed by atoms with E-state index in [2.05, 4.69) is 6.92 Å². The predicted molar refractivity (Wildman–Crippen MR) is 39.9 cm³/mol. The van der Waals surface area contributed by atoms with E-state index in [1.807, 2.05) is 0 Å². The minimum atomic E-state index is 0.174. The van der Waals surface area contributed by atoms with Gasteiger partial charge in [0.2, 0.25) is 0 Å². The van der Waals surface area contributed by atoms with E-state index in [4.69, 9.17) is 5.73 Å². The van der Waals surface area contributed by atoms with Gasteiger partial charge in [0.1, 0.15) is 0 Å². The van der Waals surface area contributed by atoms with Crippen LogP contribution in [0.25, 0.3) is 0 Å². The smallest absolute Gasteiger partial charge is 0.00420 e. The largest absolute Gasteiger partial charge is 0.328 e. The highest BCUT2D eigenvalue weighted by Gasteiger charge is 2.15.